The van der Waals surface area contributed by atoms with Crippen LogP contribution < -0.4 is 15.0 Å². The molecule has 0 radical (unpaired) electrons. The lowest BCUT2D eigenvalue weighted by molar-refractivity contribution is -0.121. The lowest BCUT2D eigenvalue weighted by Gasteiger charge is -2.38. The quantitative estimate of drug-likeness (QED) is 0.683. The Bertz CT molecular complexity index is 1230. The van der Waals surface area contributed by atoms with E-state index >= 15 is 0 Å². The second-order valence-corrected chi connectivity index (χ2v) is 11.2. The average Bonchev–Trinajstić information content (AvgIpc) is 2.90. The summed E-state index contributed by atoms with van der Waals surface area (Å²) in [5, 5.41) is 2.76. The van der Waals surface area contributed by atoms with Crippen molar-refractivity contribution in [3.63, 3.8) is 0 Å². The van der Waals surface area contributed by atoms with Crippen LogP contribution in [0, 0.1) is 0 Å². The fourth-order valence-corrected chi connectivity index (χ4v) is 6.25. The van der Waals surface area contributed by atoms with Gasteiger partial charge in [-0.1, -0.05) is 0 Å². The van der Waals surface area contributed by atoms with Crippen LogP contribution in [0.3, 0.4) is 0 Å². The van der Waals surface area contributed by atoms with E-state index in [4.69, 9.17) is 4.74 Å². The second kappa shape index (κ2) is 7.75. The Balaban J connectivity index is 1.63. The Morgan fingerprint density at radius 2 is 1.91 bits per heavy atom. The molecule has 0 unspecified atom stereocenters. The van der Waals surface area contributed by atoms with Crippen LogP contribution >= 0.6 is 0 Å². The van der Waals surface area contributed by atoms with E-state index in [1.165, 1.54) is 23.4 Å². The van der Waals surface area contributed by atoms with Gasteiger partial charge in [0.1, 0.15) is 12.4 Å². The molecule has 1 aromatic heterocycles. The van der Waals surface area contributed by atoms with Gasteiger partial charge in [0.15, 0.2) is 9.84 Å². The highest BCUT2D eigenvalue weighted by Crippen LogP contribution is 2.46. The van der Waals surface area contributed by atoms with E-state index in [0.29, 0.717) is 22.5 Å². The normalized spacial score (nSPS) is 19.7. The van der Waals surface area contributed by atoms with Crippen molar-refractivity contribution in [2.24, 2.45) is 0 Å². The Morgan fingerprint density at radius 3 is 2.55 bits per heavy atom. The largest absolute Gasteiger partial charge is 0.486 e. The maximum Gasteiger partial charge on any atom is 0.272 e. The number of amides is 2. The monoisotopic (exact) mass is 479 g/mol. The van der Waals surface area contributed by atoms with Gasteiger partial charge in [0.2, 0.25) is 5.91 Å². The minimum absolute atomic E-state index is 0.103. The maximum absolute atomic E-state index is 13.3. The summed E-state index contributed by atoms with van der Waals surface area (Å²) >= 11 is 0. The Hall–Kier alpha value is -3.08. The van der Waals surface area contributed by atoms with E-state index in [2.05, 4.69) is 10.3 Å². The highest BCUT2D eigenvalue weighted by atomic mass is 32.2. The predicted molar refractivity (Wildman–Crippen MR) is 117 cm³/mol. The molecule has 0 saturated carbocycles. The molecule has 2 aromatic rings. The fourth-order valence-electron chi connectivity index (χ4n) is 4.25. The topological polar surface area (TPSA) is 106 Å². The van der Waals surface area contributed by atoms with Crippen LogP contribution in [0.15, 0.2) is 36.7 Å². The highest BCUT2D eigenvalue weighted by molar-refractivity contribution is 7.93. The zero-order valence-electron chi connectivity index (χ0n) is 18.3. The molecule has 2 aliphatic rings. The molecule has 33 heavy (non-hydrogen) atoms. The number of sulfone groups is 1. The minimum atomic E-state index is -3.13. The molecule has 176 valence electrons. The van der Waals surface area contributed by atoms with E-state index in [1.54, 1.807) is 39.0 Å². The van der Waals surface area contributed by atoms with Crippen LogP contribution in [0.5, 0.6) is 5.75 Å². The van der Waals surface area contributed by atoms with Crippen molar-refractivity contribution >= 4 is 33.0 Å². The van der Waals surface area contributed by atoms with E-state index in [9.17, 15) is 26.8 Å². The number of aromatic nitrogens is 1. The average molecular weight is 480 g/mol. The third kappa shape index (κ3) is 4.29. The molecule has 2 amide bonds. The van der Waals surface area contributed by atoms with Crippen molar-refractivity contribution in [3.8, 4) is 5.75 Å². The number of ether oxygens (including phenoxy) is 1. The number of hydrogen-bond acceptors (Lipinski definition) is 6. The second-order valence-electron chi connectivity index (χ2n) is 9.13. The van der Waals surface area contributed by atoms with Gasteiger partial charge in [-0.2, -0.15) is 0 Å². The minimum Gasteiger partial charge on any atom is -0.486 e. The Labute approximate surface area is 189 Å². The van der Waals surface area contributed by atoms with Gasteiger partial charge >= 0.3 is 0 Å². The smallest absolute Gasteiger partial charge is 0.272 e. The van der Waals surface area contributed by atoms with Crippen molar-refractivity contribution in [2.45, 2.75) is 38.2 Å². The van der Waals surface area contributed by atoms with E-state index in [-0.39, 0.29) is 23.2 Å². The molecular formula is C22H23F2N3O5S. The van der Waals surface area contributed by atoms with Crippen molar-refractivity contribution in [2.75, 3.05) is 23.0 Å². The summed E-state index contributed by atoms with van der Waals surface area (Å²) in [6.45, 7) is 4.32. The third-order valence-electron chi connectivity index (χ3n) is 5.74. The molecule has 1 N–H and O–H groups in total. The first-order chi connectivity index (χ1) is 15.3. The lowest BCUT2D eigenvalue weighted by atomic mass is 9.85. The van der Waals surface area contributed by atoms with E-state index < -0.39 is 39.7 Å². The molecule has 3 heterocycles. The Morgan fingerprint density at radius 1 is 1.21 bits per heavy atom. The molecule has 1 aromatic carbocycles. The van der Waals surface area contributed by atoms with Gasteiger partial charge in [-0.3, -0.25) is 19.5 Å². The highest BCUT2D eigenvalue weighted by Gasteiger charge is 2.47. The number of anilines is 2. The molecule has 2 aliphatic heterocycles. The summed E-state index contributed by atoms with van der Waals surface area (Å²) in [5.74, 6) is -0.844. The number of fused-ring (bicyclic) bond motifs is 1. The summed E-state index contributed by atoms with van der Waals surface area (Å²) in [7, 11) is -3.13. The molecule has 0 spiro atoms. The van der Waals surface area contributed by atoms with Crippen LogP contribution in [0.4, 0.5) is 20.2 Å². The van der Waals surface area contributed by atoms with Gasteiger partial charge in [-0.05, 0) is 44.5 Å². The van der Waals surface area contributed by atoms with E-state index in [1.807, 2.05) is 0 Å². The molecule has 11 heteroatoms. The lowest BCUT2D eigenvalue weighted by Crippen LogP contribution is -2.63. The molecule has 0 atom stereocenters. The van der Waals surface area contributed by atoms with Crippen molar-refractivity contribution < 1.29 is 31.5 Å². The van der Waals surface area contributed by atoms with Crippen LogP contribution in [0.25, 0.3) is 0 Å². The van der Waals surface area contributed by atoms with Gasteiger partial charge < -0.3 is 10.1 Å². The summed E-state index contributed by atoms with van der Waals surface area (Å²) in [6, 6.07) is 6.25. The number of nitrogens with one attached hydrogen (secondary N) is 1. The summed E-state index contributed by atoms with van der Waals surface area (Å²) in [5.41, 5.74) is -0.0134. The van der Waals surface area contributed by atoms with Gasteiger partial charge in [0, 0.05) is 11.6 Å². The number of carbonyl (C=O) groups is 2. The number of carbonyl (C=O) groups excluding carboxylic acids is 2. The van der Waals surface area contributed by atoms with Crippen LogP contribution in [0.2, 0.25) is 0 Å². The molecule has 0 aliphatic carbocycles. The maximum atomic E-state index is 13.3. The first-order valence-corrected chi connectivity index (χ1v) is 12.0. The molecule has 4 rings (SSSR count). The Kier molecular flexibility index (Phi) is 5.43. The number of rotatable bonds is 6. The number of nitrogens with zero attached hydrogens (tertiary/aromatic N) is 2. The zero-order chi connectivity index (χ0) is 24.2. The summed E-state index contributed by atoms with van der Waals surface area (Å²) in [6.07, 6.45) is 0.0674. The fraction of sp³-hybridized carbons (Fsp3) is 0.409. The van der Waals surface area contributed by atoms with Crippen molar-refractivity contribution in [1.82, 2.24) is 10.3 Å². The summed E-state index contributed by atoms with van der Waals surface area (Å²) < 4.78 is 53.0. The molecule has 1 saturated heterocycles. The van der Waals surface area contributed by atoms with Crippen molar-refractivity contribution in [3.05, 3.63) is 47.8 Å². The summed E-state index contributed by atoms with van der Waals surface area (Å²) in [4.78, 5) is 31.5. The molecule has 1 fully saturated rings. The predicted octanol–water partition coefficient (Wildman–Crippen LogP) is 2.60. The standard InChI is InChI=1S/C22H23F2N3O5S/c1-21(2)16-6-13(19(28)26-22(3)11-33(30,31)12-22)4-5-17(16)27(20(21)29)14-7-15(9-25-8-14)32-10-18(23)24/h4-9,18H,10-12H2,1-3H3,(H,26,28). The number of benzene rings is 1. The number of pyridine rings is 1. The van der Waals surface area contributed by atoms with Gasteiger partial charge in [0.25, 0.3) is 12.3 Å². The first kappa shape index (κ1) is 23.1. The molecule has 8 nitrogen and oxygen atoms in total. The van der Waals surface area contributed by atoms with Crippen LogP contribution in [0.1, 0.15) is 36.7 Å². The molecular weight excluding hydrogens is 456 g/mol. The van der Waals surface area contributed by atoms with Crippen LogP contribution in [-0.4, -0.2) is 55.3 Å². The number of hydrogen-bond donors (Lipinski definition) is 1. The molecule has 0 bridgehead atoms. The van der Waals surface area contributed by atoms with Crippen molar-refractivity contribution in [1.29, 1.82) is 0 Å². The first-order valence-electron chi connectivity index (χ1n) is 10.2. The number of halogens is 2. The van der Waals surface area contributed by atoms with Crippen LogP contribution in [-0.2, 0) is 20.0 Å². The zero-order valence-corrected chi connectivity index (χ0v) is 19.1. The SMILES string of the molecule is CC1(NC(=O)c2ccc3c(c2)C(C)(C)C(=O)N3c2cncc(OCC(F)F)c2)CS(=O)(=O)C1. The van der Waals surface area contributed by atoms with Gasteiger partial charge in [0.05, 0.1) is 46.2 Å². The van der Waals surface area contributed by atoms with Gasteiger partial charge in [-0.15, -0.1) is 0 Å². The number of alkyl halides is 2. The van der Waals surface area contributed by atoms with Gasteiger partial charge in [-0.25, -0.2) is 17.2 Å². The third-order valence-corrected chi connectivity index (χ3v) is 7.89. The van der Waals surface area contributed by atoms with E-state index in [0.717, 1.165) is 0 Å².